The van der Waals surface area contributed by atoms with Crippen LogP contribution in [0.3, 0.4) is 0 Å². The van der Waals surface area contributed by atoms with Crippen LogP contribution in [0.2, 0.25) is 0 Å². The summed E-state index contributed by atoms with van der Waals surface area (Å²) in [6.45, 7) is 4.63. The lowest BCUT2D eigenvalue weighted by Crippen LogP contribution is -2.05. The third-order valence-electron chi connectivity index (χ3n) is 1.01. The molecule has 0 spiro atoms. The van der Waals surface area contributed by atoms with Gasteiger partial charge < -0.3 is 14.6 Å². The highest BCUT2D eigenvalue weighted by molar-refractivity contribution is 5.83. The number of hydrogen-bond acceptors (Lipinski definition) is 4. The van der Waals surface area contributed by atoms with Gasteiger partial charge in [-0.1, -0.05) is 6.58 Å². The minimum Gasteiger partial charge on any atom is -0.475 e. The van der Waals surface area contributed by atoms with Crippen molar-refractivity contribution in [2.45, 2.75) is 6.10 Å². The first-order valence-electron chi connectivity index (χ1n) is 3.23. The summed E-state index contributed by atoms with van der Waals surface area (Å²) in [7, 11) is 1.00. The third kappa shape index (κ3) is 5.57. The topological polar surface area (TPSA) is 65.8 Å². The molecule has 0 aromatic carbocycles. The van der Waals surface area contributed by atoms with E-state index in [2.05, 4.69) is 6.58 Å². The predicted molar refractivity (Wildman–Crippen MR) is 41.8 cm³/mol. The van der Waals surface area contributed by atoms with E-state index in [-0.39, 0.29) is 12.0 Å². The molecule has 0 radical (unpaired) electrons. The van der Waals surface area contributed by atoms with Crippen molar-refractivity contribution < 1.29 is 14.6 Å². The Bertz CT molecular complexity index is 132. The Labute approximate surface area is 65.9 Å². The summed E-state index contributed by atoms with van der Waals surface area (Å²) in [5, 5.41) is 14.0. The average molecular weight is 159 g/mol. The number of epoxide rings is 1. The Kier molecular flexibility index (Phi) is 5.42. The molecule has 1 unspecified atom stereocenters. The van der Waals surface area contributed by atoms with E-state index in [0.29, 0.717) is 6.61 Å². The predicted octanol–water partition coefficient (Wildman–Crippen LogP) is 0.174. The van der Waals surface area contributed by atoms with Gasteiger partial charge in [0.25, 0.3) is 0 Å². The van der Waals surface area contributed by atoms with Gasteiger partial charge in [-0.2, -0.15) is 0 Å². The Morgan fingerprint density at radius 2 is 2.45 bits per heavy atom. The Balaban J connectivity index is 0.000000461. The van der Waals surface area contributed by atoms with Crippen LogP contribution in [0, 0.1) is 5.41 Å². The van der Waals surface area contributed by atoms with E-state index in [4.69, 9.17) is 20.0 Å². The molecule has 1 fully saturated rings. The second-order valence-electron chi connectivity index (χ2n) is 1.83. The van der Waals surface area contributed by atoms with Crippen molar-refractivity contribution in [1.82, 2.24) is 0 Å². The number of nitrogens with one attached hydrogen (secondary N) is 1. The Morgan fingerprint density at radius 3 is 2.82 bits per heavy atom. The molecule has 0 bridgehead atoms. The zero-order valence-corrected chi connectivity index (χ0v) is 6.54. The van der Waals surface area contributed by atoms with E-state index in [1.54, 1.807) is 0 Å². The molecular formula is C7H13NO3. The molecule has 2 N–H and O–H groups in total. The molecule has 1 atom stereocenters. The van der Waals surface area contributed by atoms with Gasteiger partial charge in [-0.15, -0.1) is 0 Å². The summed E-state index contributed by atoms with van der Waals surface area (Å²) in [6.07, 6.45) is 1.59. The molecule has 1 rings (SSSR count). The van der Waals surface area contributed by atoms with E-state index < -0.39 is 0 Å². The SMILES string of the molecule is C=CC(=N)OCC1CO1.CO. The van der Waals surface area contributed by atoms with Crippen molar-refractivity contribution in [2.24, 2.45) is 0 Å². The van der Waals surface area contributed by atoms with Crippen LogP contribution in [-0.2, 0) is 9.47 Å². The molecule has 4 heteroatoms. The maximum absolute atomic E-state index is 7.00. The first-order valence-corrected chi connectivity index (χ1v) is 3.23. The van der Waals surface area contributed by atoms with Crippen molar-refractivity contribution in [1.29, 1.82) is 5.41 Å². The largest absolute Gasteiger partial charge is 0.475 e. The van der Waals surface area contributed by atoms with Crippen molar-refractivity contribution in [3.05, 3.63) is 12.7 Å². The van der Waals surface area contributed by atoms with E-state index >= 15 is 0 Å². The molecule has 0 aromatic rings. The molecule has 0 amide bonds. The summed E-state index contributed by atoms with van der Waals surface area (Å²) in [4.78, 5) is 0. The maximum atomic E-state index is 7.00. The fraction of sp³-hybridized carbons (Fsp3) is 0.571. The molecule has 1 aliphatic heterocycles. The van der Waals surface area contributed by atoms with Gasteiger partial charge in [-0.25, -0.2) is 0 Å². The molecule has 11 heavy (non-hydrogen) atoms. The molecule has 1 saturated heterocycles. The van der Waals surface area contributed by atoms with Crippen molar-refractivity contribution in [3.8, 4) is 0 Å². The highest BCUT2D eigenvalue weighted by atomic mass is 16.6. The molecule has 64 valence electrons. The normalized spacial score (nSPS) is 19.3. The van der Waals surface area contributed by atoms with Crippen LogP contribution >= 0.6 is 0 Å². The van der Waals surface area contributed by atoms with Crippen LogP contribution in [-0.4, -0.2) is 37.4 Å². The van der Waals surface area contributed by atoms with Gasteiger partial charge in [0.1, 0.15) is 12.7 Å². The third-order valence-corrected chi connectivity index (χ3v) is 1.01. The minimum atomic E-state index is 0.116. The maximum Gasteiger partial charge on any atom is 0.205 e. The van der Waals surface area contributed by atoms with Crippen LogP contribution in [0.5, 0.6) is 0 Å². The number of ether oxygens (including phenoxy) is 2. The summed E-state index contributed by atoms with van der Waals surface area (Å²) >= 11 is 0. The molecule has 0 saturated carbocycles. The quantitative estimate of drug-likeness (QED) is 0.350. The second-order valence-corrected chi connectivity index (χ2v) is 1.83. The Hall–Kier alpha value is -0.870. The van der Waals surface area contributed by atoms with Crippen LogP contribution in [0.25, 0.3) is 0 Å². The fourth-order valence-corrected chi connectivity index (χ4v) is 0.406. The smallest absolute Gasteiger partial charge is 0.205 e. The fourth-order valence-electron chi connectivity index (χ4n) is 0.406. The van der Waals surface area contributed by atoms with E-state index in [9.17, 15) is 0 Å². The number of hydrogen-bond donors (Lipinski definition) is 2. The van der Waals surface area contributed by atoms with E-state index in [1.807, 2.05) is 0 Å². The number of rotatable bonds is 3. The van der Waals surface area contributed by atoms with Crippen LogP contribution in [0.15, 0.2) is 12.7 Å². The summed E-state index contributed by atoms with van der Waals surface area (Å²) in [5.41, 5.74) is 0. The van der Waals surface area contributed by atoms with Gasteiger partial charge in [0.15, 0.2) is 0 Å². The lowest BCUT2D eigenvalue weighted by Gasteiger charge is -1.98. The van der Waals surface area contributed by atoms with Crippen LogP contribution in [0.1, 0.15) is 0 Å². The number of aliphatic hydroxyl groups excluding tert-OH is 1. The second kappa shape index (κ2) is 5.88. The molecular weight excluding hydrogens is 146 g/mol. The van der Waals surface area contributed by atoms with E-state index in [1.165, 1.54) is 6.08 Å². The van der Waals surface area contributed by atoms with Gasteiger partial charge in [-0.3, -0.25) is 5.41 Å². The van der Waals surface area contributed by atoms with Gasteiger partial charge in [-0.05, 0) is 6.08 Å². The van der Waals surface area contributed by atoms with Crippen LogP contribution in [0.4, 0.5) is 0 Å². The molecule has 0 aromatic heterocycles. The average Bonchev–Trinajstić information content (AvgIpc) is 2.87. The molecule has 4 nitrogen and oxygen atoms in total. The van der Waals surface area contributed by atoms with Crippen LogP contribution < -0.4 is 0 Å². The van der Waals surface area contributed by atoms with Crippen molar-refractivity contribution in [3.63, 3.8) is 0 Å². The molecule has 0 aliphatic carbocycles. The first kappa shape index (κ1) is 10.1. The lowest BCUT2D eigenvalue weighted by atomic mass is 10.5. The zero-order chi connectivity index (χ0) is 8.69. The molecule has 1 aliphatic rings. The van der Waals surface area contributed by atoms with Gasteiger partial charge in [0, 0.05) is 7.11 Å². The lowest BCUT2D eigenvalue weighted by molar-refractivity contribution is 0.253. The standard InChI is InChI=1S/C6H9NO2.CH4O/c1-2-6(7)9-4-5-3-8-5;1-2/h2,5,7H,1,3-4H2;2H,1H3. The van der Waals surface area contributed by atoms with Gasteiger partial charge in [0.05, 0.1) is 6.61 Å². The van der Waals surface area contributed by atoms with E-state index in [0.717, 1.165) is 13.7 Å². The summed E-state index contributed by atoms with van der Waals surface area (Å²) in [5.74, 6) is 0.116. The first-order chi connectivity index (χ1) is 5.33. The highest BCUT2D eigenvalue weighted by Crippen LogP contribution is 2.08. The highest BCUT2D eigenvalue weighted by Gasteiger charge is 2.22. The minimum absolute atomic E-state index is 0.116. The zero-order valence-electron chi connectivity index (χ0n) is 6.54. The monoisotopic (exact) mass is 159 g/mol. The van der Waals surface area contributed by atoms with Gasteiger partial charge in [0.2, 0.25) is 5.90 Å². The van der Waals surface area contributed by atoms with Gasteiger partial charge >= 0.3 is 0 Å². The number of aliphatic hydroxyl groups is 1. The molecule has 1 heterocycles. The summed E-state index contributed by atoms with van der Waals surface area (Å²) < 4.78 is 9.70. The van der Waals surface area contributed by atoms with Crippen molar-refractivity contribution in [2.75, 3.05) is 20.3 Å². The van der Waals surface area contributed by atoms with Crippen molar-refractivity contribution >= 4 is 5.90 Å². The Morgan fingerprint density at radius 1 is 1.91 bits per heavy atom. The summed E-state index contributed by atoms with van der Waals surface area (Å²) in [6, 6.07) is 0.